The van der Waals surface area contributed by atoms with E-state index in [4.69, 9.17) is 0 Å². The van der Waals surface area contributed by atoms with Gasteiger partial charge in [0.1, 0.15) is 0 Å². The molecule has 0 spiro atoms. The summed E-state index contributed by atoms with van der Waals surface area (Å²) < 4.78 is 0. The van der Waals surface area contributed by atoms with Gasteiger partial charge in [0.2, 0.25) is 5.91 Å². The number of benzene rings is 2. The second-order valence-electron chi connectivity index (χ2n) is 6.33. The number of amides is 1. The van der Waals surface area contributed by atoms with Gasteiger partial charge < -0.3 is 9.80 Å². The normalized spacial score (nSPS) is 12.4. The molecule has 1 amide bonds. The molecular formula is C20H25N3OS. The van der Waals surface area contributed by atoms with Gasteiger partial charge in [0.25, 0.3) is 0 Å². The van der Waals surface area contributed by atoms with Crippen molar-refractivity contribution in [3.8, 4) is 0 Å². The van der Waals surface area contributed by atoms with Crippen LogP contribution in [-0.4, -0.2) is 33.1 Å². The zero-order valence-electron chi connectivity index (χ0n) is 15.5. The molecule has 4 nitrogen and oxygen atoms in total. The molecular weight excluding hydrogens is 330 g/mol. The lowest BCUT2D eigenvalue weighted by Crippen LogP contribution is -2.27. The van der Waals surface area contributed by atoms with Gasteiger partial charge in [-0.05, 0) is 50.2 Å². The SMILES string of the molecule is CCN(CC)c1ccc2c(c1)Sc1cc(N(C)C)ccc1N2C(C)=O. The summed E-state index contributed by atoms with van der Waals surface area (Å²) in [5.74, 6) is 0.0380. The Balaban J connectivity index is 2.11. The Kier molecular flexibility index (Phi) is 4.95. The maximum absolute atomic E-state index is 12.4. The largest absolute Gasteiger partial charge is 0.378 e. The number of carbonyl (C=O) groups excluding carboxylic acids is 1. The molecule has 132 valence electrons. The van der Waals surface area contributed by atoms with E-state index in [0.29, 0.717) is 0 Å². The molecule has 0 N–H and O–H groups in total. The summed E-state index contributed by atoms with van der Waals surface area (Å²) in [6.07, 6.45) is 0. The molecule has 0 saturated carbocycles. The first-order chi connectivity index (χ1) is 12.0. The summed E-state index contributed by atoms with van der Waals surface area (Å²) in [5, 5.41) is 0. The molecule has 0 radical (unpaired) electrons. The number of rotatable bonds is 4. The molecule has 0 aliphatic carbocycles. The Labute approximate surface area is 154 Å². The lowest BCUT2D eigenvalue weighted by molar-refractivity contribution is -0.115. The van der Waals surface area contributed by atoms with Gasteiger partial charge in [0.05, 0.1) is 11.4 Å². The van der Waals surface area contributed by atoms with Crippen molar-refractivity contribution in [3.05, 3.63) is 36.4 Å². The minimum atomic E-state index is 0.0380. The third-order valence-electron chi connectivity index (χ3n) is 4.55. The Morgan fingerprint density at radius 2 is 1.48 bits per heavy atom. The van der Waals surface area contributed by atoms with E-state index in [1.54, 1.807) is 18.7 Å². The molecule has 1 heterocycles. The third kappa shape index (κ3) is 3.21. The topological polar surface area (TPSA) is 26.8 Å². The van der Waals surface area contributed by atoms with Crippen LogP contribution in [-0.2, 0) is 4.79 Å². The molecule has 3 rings (SSSR count). The van der Waals surface area contributed by atoms with Crippen molar-refractivity contribution in [1.82, 2.24) is 0 Å². The summed E-state index contributed by atoms with van der Waals surface area (Å²) >= 11 is 1.74. The average Bonchev–Trinajstić information content (AvgIpc) is 2.59. The molecule has 25 heavy (non-hydrogen) atoms. The van der Waals surface area contributed by atoms with Gasteiger partial charge in [-0.25, -0.2) is 0 Å². The molecule has 0 unspecified atom stereocenters. The number of hydrogen-bond donors (Lipinski definition) is 0. The summed E-state index contributed by atoms with van der Waals surface area (Å²) in [6.45, 7) is 7.89. The monoisotopic (exact) mass is 355 g/mol. The molecule has 0 fully saturated rings. The summed E-state index contributed by atoms with van der Waals surface area (Å²) in [6, 6.07) is 12.6. The highest BCUT2D eigenvalue weighted by atomic mass is 32.2. The summed E-state index contributed by atoms with van der Waals surface area (Å²) in [4.78, 5) is 20.8. The van der Waals surface area contributed by atoms with Crippen LogP contribution in [0.15, 0.2) is 46.2 Å². The molecule has 1 aliphatic heterocycles. The van der Waals surface area contributed by atoms with Crippen LogP contribution in [0.1, 0.15) is 20.8 Å². The van der Waals surface area contributed by atoms with E-state index in [0.717, 1.165) is 39.9 Å². The number of nitrogens with zero attached hydrogens (tertiary/aromatic N) is 3. The Morgan fingerprint density at radius 3 is 1.96 bits per heavy atom. The molecule has 5 heteroatoms. The minimum Gasteiger partial charge on any atom is -0.378 e. The zero-order chi connectivity index (χ0) is 18.1. The Morgan fingerprint density at radius 1 is 0.960 bits per heavy atom. The predicted molar refractivity (Wildman–Crippen MR) is 108 cm³/mol. The Hall–Kier alpha value is -2.14. The molecule has 0 saturated heterocycles. The van der Waals surface area contributed by atoms with Crippen LogP contribution < -0.4 is 14.7 Å². The second-order valence-corrected chi connectivity index (χ2v) is 7.41. The van der Waals surface area contributed by atoms with Gasteiger partial charge in [-0.3, -0.25) is 9.69 Å². The standard InChI is InChI=1S/C20H25N3OS/c1-6-22(7-2)16-9-11-18-20(13-16)25-19-12-15(21(4)5)8-10-17(19)23(18)14(3)24/h8-13H,6-7H2,1-5H3. The summed E-state index contributed by atoms with van der Waals surface area (Å²) in [5.41, 5.74) is 4.27. The highest BCUT2D eigenvalue weighted by Crippen LogP contribution is 2.50. The van der Waals surface area contributed by atoms with Crippen LogP contribution in [0.5, 0.6) is 0 Å². The Bertz CT molecular complexity index is 800. The molecule has 0 aromatic heterocycles. The first-order valence-electron chi connectivity index (χ1n) is 8.65. The van der Waals surface area contributed by atoms with Gasteiger partial charge in [-0.1, -0.05) is 11.8 Å². The lowest BCUT2D eigenvalue weighted by atomic mass is 10.2. The smallest absolute Gasteiger partial charge is 0.228 e. The quantitative estimate of drug-likeness (QED) is 0.791. The average molecular weight is 356 g/mol. The van der Waals surface area contributed by atoms with Gasteiger partial charge in [-0.15, -0.1) is 0 Å². The van der Waals surface area contributed by atoms with E-state index in [9.17, 15) is 4.79 Å². The zero-order valence-corrected chi connectivity index (χ0v) is 16.4. The van der Waals surface area contributed by atoms with Crippen molar-refractivity contribution in [2.75, 3.05) is 41.9 Å². The van der Waals surface area contributed by atoms with Crippen molar-refractivity contribution in [1.29, 1.82) is 0 Å². The fourth-order valence-electron chi connectivity index (χ4n) is 3.19. The highest BCUT2D eigenvalue weighted by molar-refractivity contribution is 7.99. The van der Waals surface area contributed by atoms with Crippen LogP contribution in [0.2, 0.25) is 0 Å². The van der Waals surface area contributed by atoms with Gasteiger partial charge in [-0.2, -0.15) is 0 Å². The predicted octanol–water partition coefficient (Wildman–Crippen LogP) is 4.75. The van der Waals surface area contributed by atoms with E-state index in [-0.39, 0.29) is 5.91 Å². The fraction of sp³-hybridized carbons (Fsp3) is 0.350. The van der Waals surface area contributed by atoms with E-state index in [2.05, 4.69) is 54.0 Å². The second kappa shape index (κ2) is 7.00. The highest BCUT2D eigenvalue weighted by Gasteiger charge is 2.27. The van der Waals surface area contributed by atoms with Crippen molar-refractivity contribution < 1.29 is 4.79 Å². The molecule has 0 atom stereocenters. The summed E-state index contributed by atoms with van der Waals surface area (Å²) in [7, 11) is 4.06. The number of fused-ring (bicyclic) bond motifs is 2. The van der Waals surface area contributed by atoms with Gasteiger partial charge in [0.15, 0.2) is 0 Å². The maximum atomic E-state index is 12.4. The van der Waals surface area contributed by atoms with Crippen molar-refractivity contribution in [2.45, 2.75) is 30.6 Å². The van der Waals surface area contributed by atoms with Crippen LogP contribution in [0.3, 0.4) is 0 Å². The molecule has 1 aliphatic rings. The van der Waals surface area contributed by atoms with Crippen LogP contribution in [0.25, 0.3) is 0 Å². The van der Waals surface area contributed by atoms with Gasteiger partial charge in [0, 0.05) is 55.3 Å². The number of carbonyl (C=O) groups is 1. The van der Waals surface area contributed by atoms with E-state index >= 15 is 0 Å². The van der Waals surface area contributed by atoms with E-state index in [1.165, 1.54) is 5.69 Å². The van der Waals surface area contributed by atoms with Gasteiger partial charge >= 0.3 is 0 Å². The van der Waals surface area contributed by atoms with E-state index < -0.39 is 0 Å². The van der Waals surface area contributed by atoms with Crippen LogP contribution in [0, 0.1) is 0 Å². The van der Waals surface area contributed by atoms with Crippen LogP contribution in [0.4, 0.5) is 22.7 Å². The molecule has 2 aromatic rings. The lowest BCUT2D eigenvalue weighted by Gasteiger charge is -2.32. The molecule has 2 aromatic carbocycles. The maximum Gasteiger partial charge on any atom is 0.228 e. The molecule has 0 bridgehead atoms. The van der Waals surface area contributed by atoms with Crippen LogP contribution >= 0.6 is 11.8 Å². The number of anilines is 4. The van der Waals surface area contributed by atoms with Crippen molar-refractivity contribution in [2.24, 2.45) is 0 Å². The fourth-order valence-corrected chi connectivity index (χ4v) is 4.31. The first kappa shape index (κ1) is 17.7. The van der Waals surface area contributed by atoms with Crippen molar-refractivity contribution >= 4 is 40.4 Å². The number of hydrogen-bond acceptors (Lipinski definition) is 4. The third-order valence-corrected chi connectivity index (χ3v) is 5.64. The minimum absolute atomic E-state index is 0.0380. The van der Waals surface area contributed by atoms with Crippen molar-refractivity contribution in [3.63, 3.8) is 0 Å². The van der Waals surface area contributed by atoms with E-state index in [1.807, 2.05) is 25.1 Å². The first-order valence-corrected chi connectivity index (χ1v) is 9.46.